The highest BCUT2D eigenvalue weighted by molar-refractivity contribution is 8.14. The van der Waals surface area contributed by atoms with Crippen molar-refractivity contribution in [2.24, 2.45) is 4.99 Å². The Bertz CT molecular complexity index is 924. The van der Waals surface area contributed by atoms with Gasteiger partial charge in [-0.2, -0.15) is 0 Å². The number of thioether (sulfide) groups is 1. The molecule has 0 aliphatic carbocycles. The summed E-state index contributed by atoms with van der Waals surface area (Å²) < 4.78 is 1.63. The fourth-order valence-corrected chi connectivity index (χ4v) is 3.72. The fourth-order valence-electron chi connectivity index (χ4n) is 2.83. The lowest BCUT2D eigenvalue weighted by Crippen LogP contribution is -2.59. The van der Waals surface area contributed by atoms with E-state index in [1.165, 1.54) is 36.2 Å². The zero-order chi connectivity index (χ0) is 19.9. The first-order valence-corrected chi connectivity index (χ1v) is 8.85. The van der Waals surface area contributed by atoms with Gasteiger partial charge in [0.05, 0.1) is 24.8 Å². The highest BCUT2D eigenvalue weighted by Crippen LogP contribution is 2.22. The van der Waals surface area contributed by atoms with Crippen molar-refractivity contribution in [2.75, 3.05) is 26.9 Å². The summed E-state index contributed by atoms with van der Waals surface area (Å²) in [5, 5.41) is 11.1. The smallest absolute Gasteiger partial charge is 0.293 e. The van der Waals surface area contributed by atoms with E-state index in [2.05, 4.69) is 4.99 Å². The number of amides is 3. The Morgan fingerprint density at radius 2 is 1.89 bits per heavy atom. The van der Waals surface area contributed by atoms with Crippen LogP contribution in [-0.2, 0) is 4.79 Å². The van der Waals surface area contributed by atoms with Crippen molar-refractivity contribution in [3.05, 3.63) is 39.9 Å². The number of nitro groups is 1. The molecule has 0 N–H and O–H groups in total. The minimum atomic E-state index is -0.806. The highest BCUT2D eigenvalue weighted by Gasteiger charge is 2.51. The molecule has 0 saturated carbocycles. The van der Waals surface area contributed by atoms with Gasteiger partial charge in [-0.25, -0.2) is 14.3 Å². The minimum Gasteiger partial charge on any atom is -0.293 e. The summed E-state index contributed by atoms with van der Waals surface area (Å²) in [5.74, 6) is -0.146. The lowest BCUT2D eigenvalue weighted by atomic mass is 10.1. The molecule has 11 heteroatoms. The maximum Gasteiger partial charge on any atom is 0.388 e. The molecule has 1 saturated heterocycles. The molecule has 0 bridgehead atoms. The number of urea groups is 1. The van der Waals surface area contributed by atoms with Gasteiger partial charge in [0.1, 0.15) is 0 Å². The molecule has 0 aromatic heterocycles. The van der Waals surface area contributed by atoms with E-state index in [4.69, 9.17) is 0 Å². The number of Topliss-reactive ketones (excluding diaryl/α,β-unsaturated/α-hetero) is 1. The van der Waals surface area contributed by atoms with E-state index in [1.807, 2.05) is 0 Å². The van der Waals surface area contributed by atoms with Gasteiger partial charge in [-0.3, -0.25) is 24.6 Å². The van der Waals surface area contributed by atoms with Crippen LogP contribution >= 0.6 is 11.8 Å². The molecule has 0 radical (unpaired) electrons. The van der Waals surface area contributed by atoms with Crippen LogP contribution in [0.25, 0.3) is 0 Å². The third-order valence-electron chi connectivity index (χ3n) is 4.33. The molecule has 1 aromatic rings. The Balaban J connectivity index is 1.74. The summed E-state index contributed by atoms with van der Waals surface area (Å²) in [5.41, 5.74) is 0.262. The maximum absolute atomic E-state index is 12.3. The number of hydrogen-bond donors (Lipinski definition) is 0. The third-order valence-corrected chi connectivity index (χ3v) is 5.37. The van der Waals surface area contributed by atoms with Crippen molar-refractivity contribution < 1.29 is 23.9 Å². The van der Waals surface area contributed by atoms with Gasteiger partial charge < -0.3 is 0 Å². The van der Waals surface area contributed by atoms with Gasteiger partial charge >= 0.3 is 6.03 Å². The Labute approximate surface area is 158 Å². The number of ketones is 1. The second-order valence-electron chi connectivity index (χ2n) is 5.99. The van der Waals surface area contributed by atoms with Crippen LogP contribution in [0.3, 0.4) is 0 Å². The van der Waals surface area contributed by atoms with Crippen molar-refractivity contribution in [1.29, 1.82) is 0 Å². The van der Waals surface area contributed by atoms with Gasteiger partial charge in [0, 0.05) is 24.7 Å². The van der Waals surface area contributed by atoms with Gasteiger partial charge in [0.15, 0.2) is 5.78 Å². The molecule has 27 heavy (non-hydrogen) atoms. The molecule has 2 heterocycles. The second-order valence-corrected chi connectivity index (χ2v) is 6.93. The van der Waals surface area contributed by atoms with Crippen LogP contribution < -0.4 is 0 Å². The molecule has 2 aliphatic rings. The maximum atomic E-state index is 12.3. The van der Waals surface area contributed by atoms with E-state index in [-0.39, 0.29) is 17.2 Å². The average Bonchev–Trinajstić information content (AvgIpc) is 2.99. The molecule has 1 atom stereocenters. The molecule has 2 aliphatic heterocycles. The van der Waals surface area contributed by atoms with Gasteiger partial charge in [0.25, 0.3) is 28.6 Å². The summed E-state index contributed by atoms with van der Waals surface area (Å²) in [6.07, 6.45) is 0. The number of fused-ring (bicyclic) bond motifs is 1. The Kier molecular flexibility index (Phi) is 4.79. The number of nitro benzene ring substituents is 1. The lowest BCUT2D eigenvalue weighted by Gasteiger charge is -2.27. The number of carbonyl (C=O) groups excluding carboxylic acids is 3. The van der Waals surface area contributed by atoms with E-state index in [0.717, 1.165) is 16.7 Å². The van der Waals surface area contributed by atoms with Crippen molar-refractivity contribution in [3.63, 3.8) is 0 Å². The standard InChI is InChI=1S/C16H16N5O5S/c1-18-13-12(14(23)20(3)16(24)19(13)2)17-15(18)27-8-11(22)9-4-6-10(7-5-9)21(25)26/h4-7,12H,8H2,1-3H3/q+1. The lowest BCUT2D eigenvalue weighted by molar-refractivity contribution is -0.384. The Morgan fingerprint density at radius 1 is 1.26 bits per heavy atom. The molecule has 3 amide bonds. The second kappa shape index (κ2) is 6.91. The molecule has 0 spiro atoms. The molecule has 1 fully saturated rings. The molecular formula is C16H16N5O5S+. The van der Waals surface area contributed by atoms with Crippen LogP contribution in [0.4, 0.5) is 10.5 Å². The predicted octanol–water partition coefficient (Wildman–Crippen LogP) is 0.813. The van der Waals surface area contributed by atoms with Crippen molar-refractivity contribution in [3.8, 4) is 0 Å². The largest absolute Gasteiger partial charge is 0.388 e. The van der Waals surface area contributed by atoms with Crippen LogP contribution in [-0.4, -0.2) is 81.0 Å². The summed E-state index contributed by atoms with van der Waals surface area (Å²) in [6, 6.07) is 4.11. The third kappa shape index (κ3) is 3.21. The monoisotopic (exact) mass is 390 g/mol. The summed E-state index contributed by atoms with van der Waals surface area (Å²) in [7, 11) is 4.64. The van der Waals surface area contributed by atoms with E-state index >= 15 is 0 Å². The van der Waals surface area contributed by atoms with E-state index in [0.29, 0.717) is 16.6 Å². The quantitative estimate of drug-likeness (QED) is 0.325. The zero-order valence-electron chi connectivity index (χ0n) is 14.8. The van der Waals surface area contributed by atoms with Gasteiger partial charge in [-0.05, 0) is 23.9 Å². The number of benzene rings is 1. The van der Waals surface area contributed by atoms with E-state index in [9.17, 15) is 24.5 Å². The topological polar surface area (TPSA) is 116 Å². The van der Waals surface area contributed by atoms with Gasteiger partial charge in [-0.1, -0.05) is 0 Å². The van der Waals surface area contributed by atoms with Crippen molar-refractivity contribution in [2.45, 2.75) is 6.04 Å². The molecule has 1 aromatic carbocycles. The minimum absolute atomic E-state index is 0.0443. The fraction of sp³-hybridized carbons (Fsp3) is 0.312. The molecule has 10 nitrogen and oxygen atoms in total. The molecular weight excluding hydrogens is 374 g/mol. The van der Waals surface area contributed by atoms with Crippen LogP contribution in [0, 0.1) is 10.1 Å². The van der Waals surface area contributed by atoms with Crippen LogP contribution in [0.5, 0.6) is 0 Å². The number of non-ortho nitro benzene ring substituents is 1. The van der Waals surface area contributed by atoms with Gasteiger partial charge in [-0.15, -0.1) is 4.99 Å². The number of aliphatic imine (C=N–C) groups is 1. The molecule has 1 unspecified atom stereocenters. The molecule has 3 rings (SSSR count). The van der Waals surface area contributed by atoms with Crippen LogP contribution in [0.1, 0.15) is 10.4 Å². The SMILES string of the molecule is CN1C(=O)C2N=C(SCC(=O)c3ccc([N+](=O)[O-])cc3)[N+](C)=C2N(C)C1=O. The normalized spacial score (nSPS) is 19.4. The van der Waals surface area contributed by atoms with Crippen molar-refractivity contribution >= 4 is 46.2 Å². The average molecular weight is 390 g/mol. The summed E-state index contributed by atoms with van der Waals surface area (Å²) >= 11 is 1.14. The number of likely N-dealkylation sites (N-methyl/N-ethyl adjacent to an activating group) is 2. The number of imide groups is 1. The van der Waals surface area contributed by atoms with Crippen LogP contribution in [0.2, 0.25) is 0 Å². The Morgan fingerprint density at radius 3 is 2.48 bits per heavy atom. The first kappa shape index (κ1) is 18.7. The number of hydrogen-bond acceptors (Lipinski definition) is 7. The number of rotatable bonds is 4. The first-order chi connectivity index (χ1) is 12.7. The summed E-state index contributed by atoms with van der Waals surface area (Å²) in [6.45, 7) is 0. The van der Waals surface area contributed by atoms with E-state index < -0.39 is 22.9 Å². The van der Waals surface area contributed by atoms with Crippen molar-refractivity contribution in [1.82, 2.24) is 9.80 Å². The highest BCUT2D eigenvalue weighted by atomic mass is 32.2. The predicted molar refractivity (Wildman–Crippen MR) is 98.2 cm³/mol. The molecule has 140 valence electrons. The summed E-state index contributed by atoms with van der Waals surface area (Å²) in [4.78, 5) is 53.6. The van der Waals surface area contributed by atoms with Gasteiger partial charge in [0.2, 0.25) is 0 Å². The zero-order valence-corrected chi connectivity index (χ0v) is 15.6. The van der Waals surface area contributed by atoms with Crippen LogP contribution in [0.15, 0.2) is 29.3 Å². The van der Waals surface area contributed by atoms with E-state index in [1.54, 1.807) is 18.7 Å². The number of carbonyl (C=O) groups is 3. The number of amidine groups is 2. The number of nitrogens with zero attached hydrogens (tertiary/aromatic N) is 5. The first-order valence-electron chi connectivity index (χ1n) is 7.86. The Hall–Kier alpha value is -3.08.